The van der Waals surface area contributed by atoms with E-state index in [2.05, 4.69) is 0 Å². The molecular formula is C21H20O4. The summed E-state index contributed by atoms with van der Waals surface area (Å²) in [6, 6.07) is 10.4. The number of aryl methyl sites for hydroxylation is 2. The fourth-order valence-electron chi connectivity index (χ4n) is 2.90. The van der Waals surface area contributed by atoms with Gasteiger partial charge in [-0.2, -0.15) is 0 Å². The summed E-state index contributed by atoms with van der Waals surface area (Å²) in [5.41, 5.74) is 2.42. The summed E-state index contributed by atoms with van der Waals surface area (Å²) in [4.78, 5) is 25.5. The van der Waals surface area contributed by atoms with Crippen LogP contribution in [-0.2, 0) is 0 Å². The Morgan fingerprint density at radius 3 is 2.48 bits per heavy atom. The lowest BCUT2D eigenvalue weighted by molar-refractivity contribution is 0.103. The number of hydrogen-bond donors (Lipinski definition) is 0. The molecular weight excluding hydrogens is 316 g/mol. The van der Waals surface area contributed by atoms with E-state index in [1.165, 1.54) is 6.26 Å². The van der Waals surface area contributed by atoms with Gasteiger partial charge in [-0.3, -0.25) is 9.59 Å². The third-order valence-corrected chi connectivity index (χ3v) is 4.10. The highest BCUT2D eigenvalue weighted by atomic mass is 16.5. The first-order chi connectivity index (χ1) is 12.0. The van der Waals surface area contributed by atoms with Crippen molar-refractivity contribution in [1.29, 1.82) is 0 Å². The first kappa shape index (κ1) is 17.0. The van der Waals surface area contributed by atoms with Crippen molar-refractivity contribution in [3.8, 4) is 5.75 Å². The van der Waals surface area contributed by atoms with Crippen molar-refractivity contribution >= 4 is 16.8 Å². The van der Waals surface area contributed by atoms with E-state index in [0.29, 0.717) is 23.1 Å². The van der Waals surface area contributed by atoms with E-state index in [9.17, 15) is 9.59 Å². The van der Waals surface area contributed by atoms with Crippen LogP contribution in [0.1, 0.15) is 40.4 Å². The van der Waals surface area contributed by atoms with E-state index in [-0.39, 0.29) is 16.8 Å². The van der Waals surface area contributed by atoms with E-state index in [0.717, 1.165) is 23.3 Å². The first-order valence-electron chi connectivity index (χ1n) is 8.32. The summed E-state index contributed by atoms with van der Waals surface area (Å²) >= 11 is 0. The molecule has 2 aromatic carbocycles. The van der Waals surface area contributed by atoms with Gasteiger partial charge in [-0.1, -0.05) is 19.1 Å². The lowest BCUT2D eigenvalue weighted by atomic mass is 9.98. The zero-order valence-electron chi connectivity index (χ0n) is 14.6. The topological polar surface area (TPSA) is 56.5 Å². The van der Waals surface area contributed by atoms with Crippen LogP contribution in [0, 0.1) is 13.8 Å². The monoisotopic (exact) mass is 336 g/mol. The molecule has 0 saturated carbocycles. The molecule has 1 heterocycles. The number of carbonyl (C=O) groups excluding carboxylic acids is 1. The van der Waals surface area contributed by atoms with Gasteiger partial charge in [0.1, 0.15) is 23.2 Å². The highest BCUT2D eigenvalue weighted by Gasteiger charge is 2.18. The molecule has 4 nitrogen and oxygen atoms in total. The Balaban J connectivity index is 2.04. The van der Waals surface area contributed by atoms with Crippen LogP contribution in [0.3, 0.4) is 0 Å². The maximum atomic E-state index is 12.8. The fraction of sp³-hybridized carbons (Fsp3) is 0.238. The van der Waals surface area contributed by atoms with E-state index >= 15 is 0 Å². The summed E-state index contributed by atoms with van der Waals surface area (Å²) in [5.74, 6) is 0.455. The minimum atomic E-state index is -0.340. The summed E-state index contributed by atoms with van der Waals surface area (Å²) in [5, 5.41) is 0.407. The second-order valence-corrected chi connectivity index (χ2v) is 6.09. The van der Waals surface area contributed by atoms with E-state index in [4.69, 9.17) is 9.15 Å². The van der Waals surface area contributed by atoms with E-state index in [1.807, 2.05) is 20.8 Å². The van der Waals surface area contributed by atoms with Crippen molar-refractivity contribution in [2.24, 2.45) is 0 Å². The molecule has 3 aromatic rings. The maximum Gasteiger partial charge on any atom is 0.203 e. The van der Waals surface area contributed by atoms with Crippen molar-refractivity contribution in [3.63, 3.8) is 0 Å². The van der Waals surface area contributed by atoms with Crippen molar-refractivity contribution in [1.82, 2.24) is 0 Å². The van der Waals surface area contributed by atoms with Gasteiger partial charge in [-0.15, -0.1) is 0 Å². The third kappa shape index (κ3) is 3.20. The summed E-state index contributed by atoms with van der Waals surface area (Å²) < 4.78 is 11.2. The molecule has 0 aliphatic heterocycles. The molecule has 0 radical (unpaired) electrons. The molecule has 3 rings (SSSR count). The molecule has 0 aliphatic rings. The molecule has 0 fully saturated rings. The molecule has 1 aromatic heterocycles. The van der Waals surface area contributed by atoms with Crippen molar-refractivity contribution < 1.29 is 13.9 Å². The Morgan fingerprint density at radius 1 is 1.12 bits per heavy atom. The summed E-state index contributed by atoms with van der Waals surface area (Å²) in [6.07, 6.45) is 2.16. The quantitative estimate of drug-likeness (QED) is 0.647. The number of benzene rings is 2. The second kappa shape index (κ2) is 6.93. The molecule has 0 amide bonds. The van der Waals surface area contributed by atoms with Gasteiger partial charge in [0.25, 0.3) is 0 Å². The highest BCUT2D eigenvalue weighted by Crippen LogP contribution is 2.26. The molecule has 0 N–H and O–H groups in total. The van der Waals surface area contributed by atoms with Gasteiger partial charge in [0.2, 0.25) is 5.43 Å². The SMILES string of the molecule is CCCOc1c(C)cc(C(=O)c2coc3ccccc3c2=O)cc1C. The minimum Gasteiger partial charge on any atom is -0.493 e. The van der Waals surface area contributed by atoms with Gasteiger partial charge >= 0.3 is 0 Å². The molecule has 128 valence electrons. The fourth-order valence-corrected chi connectivity index (χ4v) is 2.90. The van der Waals surface area contributed by atoms with E-state index in [1.54, 1.807) is 36.4 Å². The Labute approximate surface area is 146 Å². The predicted molar refractivity (Wildman–Crippen MR) is 97.6 cm³/mol. The van der Waals surface area contributed by atoms with Gasteiger partial charge < -0.3 is 9.15 Å². The highest BCUT2D eigenvalue weighted by molar-refractivity contribution is 6.10. The van der Waals surface area contributed by atoms with Crippen molar-refractivity contribution in [3.05, 3.63) is 75.1 Å². The second-order valence-electron chi connectivity index (χ2n) is 6.09. The van der Waals surface area contributed by atoms with Crippen molar-refractivity contribution in [2.45, 2.75) is 27.2 Å². The Bertz CT molecular complexity index is 975. The van der Waals surface area contributed by atoms with Crippen LogP contribution in [0.4, 0.5) is 0 Å². The Hall–Kier alpha value is -2.88. The van der Waals surface area contributed by atoms with Crippen LogP contribution in [0.2, 0.25) is 0 Å². The zero-order valence-corrected chi connectivity index (χ0v) is 14.6. The van der Waals surface area contributed by atoms with Gasteiger partial charge in [0, 0.05) is 5.56 Å². The summed E-state index contributed by atoms with van der Waals surface area (Å²) in [7, 11) is 0. The Morgan fingerprint density at radius 2 is 1.80 bits per heavy atom. The van der Waals surface area contributed by atoms with Crippen LogP contribution < -0.4 is 10.2 Å². The number of para-hydroxylation sites is 1. The Kier molecular flexibility index (Phi) is 4.70. The maximum absolute atomic E-state index is 12.8. The molecule has 0 bridgehead atoms. The van der Waals surface area contributed by atoms with E-state index < -0.39 is 0 Å². The molecule has 25 heavy (non-hydrogen) atoms. The number of ketones is 1. The smallest absolute Gasteiger partial charge is 0.203 e. The minimum absolute atomic E-state index is 0.0414. The lowest BCUT2D eigenvalue weighted by Crippen LogP contribution is -2.16. The molecule has 0 spiro atoms. The van der Waals surface area contributed by atoms with Crippen LogP contribution in [0.5, 0.6) is 5.75 Å². The first-order valence-corrected chi connectivity index (χ1v) is 8.32. The van der Waals surface area contributed by atoms with Crippen molar-refractivity contribution in [2.75, 3.05) is 6.61 Å². The number of rotatable bonds is 5. The van der Waals surface area contributed by atoms with Crippen LogP contribution in [-0.4, -0.2) is 12.4 Å². The third-order valence-electron chi connectivity index (χ3n) is 4.10. The number of hydrogen-bond acceptors (Lipinski definition) is 4. The molecule has 0 atom stereocenters. The number of fused-ring (bicyclic) bond motifs is 1. The lowest BCUT2D eigenvalue weighted by Gasteiger charge is -2.13. The van der Waals surface area contributed by atoms with Gasteiger partial charge in [-0.05, 0) is 55.7 Å². The van der Waals surface area contributed by atoms with Gasteiger partial charge in [0.05, 0.1) is 12.0 Å². The number of ether oxygens (including phenoxy) is 1. The van der Waals surface area contributed by atoms with Gasteiger partial charge in [-0.25, -0.2) is 0 Å². The average Bonchev–Trinajstić information content (AvgIpc) is 2.61. The number of carbonyl (C=O) groups is 1. The van der Waals surface area contributed by atoms with Crippen LogP contribution in [0.25, 0.3) is 11.0 Å². The average molecular weight is 336 g/mol. The standard InChI is InChI=1S/C21H20O4/c1-4-9-24-21-13(2)10-15(11-14(21)3)19(22)17-12-25-18-8-6-5-7-16(18)20(17)23/h5-8,10-12H,4,9H2,1-3H3. The largest absolute Gasteiger partial charge is 0.493 e. The zero-order chi connectivity index (χ0) is 18.0. The normalized spacial score (nSPS) is 10.8. The van der Waals surface area contributed by atoms with Crippen LogP contribution >= 0.6 is 0 Å². The van der Waals surface area contributed by atoms with Gasteiger partial charge in [0.15, 0.2) is 5.78 Å². The van der Waals surface area contributed by atoms with Crippen LogP contribution in [0.15, 0.2) is 51.9 Å². The molecule has 4 heteroatoms. The molecule has 0 aliphatic carbocycles. The molecule has 0 saturated heterocycles. The summed E-state index contributed by atoms with van der Waals surface area (Å²) in [6.45, 7) is 6.47. The predicted octanol–water partition coefficient (Wildman–Crippen LogP) is 4.43. The molecule has 0 unspecified atom stereocenters.